The Labute approximate surface area is 163 Å². The second-order valence-corrected chi connectivity index (χ2v) is 7.77. The monoisotopic (exact) mass is 434 g/mol. The van der Waals surface area contributed by atoms with Gasteiger partial charge in [0, 0.05) is 40.8 Å². The highest BCUT2D eigenvalue weighted by molar-refractivity contribution is 9.10. The first-order valence-electron chi connectivity index (χ1n) is 8.33. The van der Waals surface area contributed by atoms with Gasteiger partial charge in [-0.2, -0.15) is 0 Å². The largest absolute Gasteiger partial charge is 0.356 e. The van der Waals surface area contributed by atoms with E-state index in [2.05, 4.69) is 26.3 Å². The molecule has 8 heteroatoms. The van der Waals surface area contributed by atoms with Crippen molar-refractivity contribution in [1.29, 1.82) is 0 Å². The minimum atomic E-state index is -0.155. The van der Waals surface area contributed by atoms with Crippen molar-refractivity contribution in [3.63, 3.8) is 0 Å². The van der Waals surface area contributed by atoms with Crippen molar-refractivity contribution in [2.24, 2.45) is 0 Å². The van der Waals surface area contributed by atoms with Crippen LogP contribution in [0.15, 0.2) is 62.8 Å². The van der Waals surface area contributed by atoms with E-state index in [0.29, 0.717) is 31.6 Å². The number of carbonyl (C=O) groups is 1. The zero-order valence-electron chi connectivity index (χ0n) is 14.1. The zero-order chi connectivity index (χ0) is 18.4. The maximum atomic E-state index is 12.1. The first kappa shape index (κ1) is 18.7. The van der Waals surface area contributed by atoms with Crippen LogP contribution in [0.1, 0.15) is 12.8 Å². The van der Waals surface area contributed by atoms with Gasteiger partial charge >= 0.3 is 5.69 Å². The molecule has 0 aliphatic carbocycles. The third-order valence-electron chi connectivity index (χ3n) is 3.77. The Bertz CT molecular complexity index is 936. The number of thioether (sulfide) groups is 1. The van der Waals surface area contributed by atoms with Gasteiger partial charge in [0.2, 0.25) is 5.91 Å². The molecule has 0 radical (unpaired) electrons. The number of hydrogen-bond acceptors (Lipinski definition) is 4. The number of fused-ring (bicyclic) bond motifs is 1. The van der Waals surface area contributed by atoms with Gasteiger partial charge in [0.1, 0.15) is 0 Å². The second kappa shape index (κ2) is 9.05. The molecule has 3 rings (SSSR count). The lowest BCUT2D eigenvalue weighted by Gasteiger charge is -2.05. The number of nitrogens with one attached hydrogen (secondary N) is 1. The summed E-state index contributed by atoms with van der Waals surface area (Å²) in [5, 5.41) is 7.16. The number of rotatable bonds is 8. The van der Waals surface area contributed by atoms with Crippen molar-refractivity contribution in [3.05, 3.63) is 63.6 Å². The summed E-state index contributed by atoms with van der Waals surface area (Å²) in [6, 6.07) is 13.5. The Morgan fingerprint density at radius 2 is 2.00 bits per heavy atom. The van der Waals surface area contributed by atoms with E-state index in [1.54, 1.807) is 30.1 Å². The number of aryl methyl sites for hydroxylation is 1. The molecule has 0 unspecified atom stereocenters. The highest BCUT2D eigenvalue weighted by atomic mass is 79.9. The average molecular weight is 435 g/mol. The lowest BCUT2D eigenvalue weighted by Crippen LogP contribution is -2.27. The molecule has 0 fully saturated rings. The Morgan fingerprint density at radius 3 is 2.77 bits per heavy atom. The van der Waals surface area contributed by atoms with E-state index >= 15 is 0 Å². The Hall–Kier alpha value is -2.06. The summed E-state index contributed by atoms with van der Waals surface area (Å²) in [5.74, 6) is 0.760. The Kier molecular flexibility index (Phi) is 6.51. The van der Waals surface area contributed by atoms with Gasteiger partial charge in [-0.05, 0) is 42.8 Å². The van der Waals surface area contributed by atoms with Crippen LogP contribution in [-0.2, 0) is 11.3 Å². The minimum absolute atomic E-state index is 0.0250. The molecule has 0 aliphatic rings. The molecule has 0 spiro atoms. The van der Waals surface area contributed by atoms with Crippen LogP contribution in [0, 0.1) is 0 Å². The third-order valence-corrected chi connectivity index (χ3v) is 5.31. The van der Waals surface area contributed by atoms with E-state index in [4.69, 9.17) is 0 Å². The number of benzene rings is 1. The highest BCUT2D eigenvalue weighted by Crippen LogP contribution is 2.21. The fourth-order valence-corrected chi connectivity index (χ4v) is 3.57. The number of amides is 1. The first-order chi connectivity index (χ1) is 12.6. The summed E-state index contributed by atoms with van der Waals surface area (Å²) >= 11 is 5.06. The van der Waals surface area contributed by atoms with Crippen LogP contribution in [0.4, 0.5) is 0 Å². The summed E-state index contributed by atoms with van der Waals surface area (Å²) in [7, 11) is 0. The average Bonchev–Trinajstić information content (AvgIpc) is 2.97. The first-order valence-corrected chi connectivity index (χ1v) is 10.1. The fourth-order valence-electron chi connectivity index (χ4n) is 2.45. The van der Waals surface area contributed by atoms with E-state index in [9.17, 15) is 9.59 Å². The molecule has 26 heavy (non-hydrogen) atoms. The molecule has 1 aromatic carbocycles. The number of hydrogen-bond donors (Lipinski definition) is 1. The molecule has 6 nitrogen and oxygen atoms in total. The minimum Gasteiger partial charge on any atom is -0.356 e. The normalized spacial score (nSPS) is 11.0. The molecule has 0 saturated carbocycles. The van der Waals surface area contributed by atoms with Crippen LogP contribution in [-0.4, -0.2) is 32.4 Å². The smallest absolute Gasteiger partial charge is 0.350 e. The molecule has 1 N–H and O–H groups in total. The molecule has 0 atom stereocenters. The van der Waals surface area contributed by atoms with Gasteiger partial charge in [-0.15, -0.1) is 16.9 Å². The summed E-state index contributed by atoms with van der Waals surface area (Å²) in [4.78, 5) is 25.2. The highest BCUT2D eigenvalue weighted by Gasteiger charge is 2.06. The number of nitrogens with zero attached hydrogens (tertiary/aromatic N) is 3. The van der Waals surface area contributed by atoms with Crippen LogP contribution in [0.25, 0.3) is 5.65 Å². The van der Waals surface area contributed by atoms with Gasteiger partial charge in [0.25, 0.3) is 0 Å². The SMILES string of the molecule is O=C(CCSc1ccc(Br)cc1)NCCCn1nc2ccccn2c1=O. The van der Waals surface area contributed by atoms with Gasteiger partial charge in [-0.25, -0.2) is 9.48 Å². The lowest BCUT2D eigenvalue weighted by molar-refractivity contribution is -0.120. The fraction of sp³-hybridized carbons (Fsp3) is 0.278. The van der Waals surface area contributed by atoms with E-state index in [1.807, 2.05) is 30.3 Å². The van der Waals surface area contributed by atoms with Gasteiger partial charge in [-0.3, -0.25) is 9.20 Å². The maximum Gasteiger partial charge on any atom is 0.350 e. The van der Waals surface area contributed by atoms with Crippen LogP contribution >= 0.6 is 27.7 Å². The topological polar surface area (TPSA) is 68.4 Å². The van der Waals surface area contributed by atoms with Crippen molar-refractivity contribution in [1.82, 2.24) is 19.5 Å². The Balaban J connectivity index is 1.36. The molecule has 0 bridgehead atoms. The lowest BCUT2D eigenvalue weighted by atomic mass is 10.4. The summed E-state index contributed by atoms with van der Waals surface area (Å²) in [5.41, 5.74) is 0.476. The number of carbonyl (C=O) groups excluding carboxylic acids is 1. The van der Waals surface area contributed by atoms with Crippen molar-refractivity contribution >= 4 is 39.2 Å². The van der Waals surface area contributed by atoms with Gasteiger partial charge in [-0.1, -0.05) is 22.0 Å². The second-order valence-electron chi connectivity index (χ2n) is 5.69. The standard InChI is InChI=1S/C18H19BrN4O2S/c19-14-5-7-15(8-6-14)26-13-9-17(24)20-10-3-12-23-18(25)22-11-2-1-4-16(22)21-23/h1-2,4-8,11H,3,9-10,12-13H2,(H,20,24). The maximum absolute atomic E-state index is 12.1. The molecule has 0 aliphatic heterocycles. The van der Waals surface area contributed by atoms with Crippen LogP contribution in [0.2, 0.25) is 0 Å². The van der Waals surface area contributed by atoms with Gasteiger partial charge in [0.05, 0.1) is 0 Å². The van der Waals surface area contributed by atoms with E-state index in [-0.39, 0.29) is 11.6 Å². The number of halogens is 1. The van der Waals surface area contributed by atoms with Gasteiger partial charge in [0.15, 0.2) is 5.65 Å². The molecule has 136 valence electrons. The predicted molar refractivity (Wildman–Crippen MR) is 107 cm³/mol. The predicted octanol–water partition coefficient (Wildman–Crippen LogP) is 2.95. The van der Waals surface area contributed by atoms with E-state index < -0.39 is 0 Å². The van der Waals surface area contributed by atoms with Crippen molar-refractivity contribution in [3.8, 4) is 0 Å². The molecule has 2 aromatic heterocycles. The number of pyridine rings is 1. The molecule has 1 amide bonds. The zero-order valence-corrected chi connectivity index (χ0v) is 16.5. The van der Waals surface area contributed by atoms with Crippen LogP contribution in [0.5, 0.6) is 0 Å². The molecule has 0 saturated heterocycles. The Morgan fingerprint density at radius 1 is 1.19 bits per heavy atom. The summed E-state index contributed by atoms with van der Waals surface area (Å²) < 4.78 is 3.99. The summed E-state index contributed by atoms with van der Waals surface area (Å²) in [6.07, 6.45) is 2.83. The molecular formula is C18H19BrN4O2S. The van der Waals surface area contributed by atoms with Crippen LogP contribution < -0.4 is 11.0 Å². The van der Waals surface area contributed by atoms with Crippen LogP contribution in [0.3, 0.4) is 0 Å². The quantitative estimate of drug-likeness (QED) is 0.437. The van der Waals surface area contributed by atoms with Crippen molar-refractivity contribution < 1.29 is 4.79 Å². The van der Waals surface area contributed by atoms with Crippen molar-refractivity contribution in [2.75, 3.05) is 12.3 Å². The third kappa shape index (κ3) is 4.98. The molecule has 2 heterocycles. The molecular weight excluding hydrogens is 416 g/mol. The summed E-state index contributed by atoms with van der Waals surface area (Å²) in [6.45, 7) is 1.01. The van der Waals surface area contributed by atoms with E-state index in [0.717, 1.165) is 15.1 Å². The van der Waals surface area contributed by atoms with E-state index in [1.165, 1.54) is 9.08 Å². The van der Waals surface area contributed by atoms with Gasteiger partial charge < -0.3 is 5.32 Å². The number of aromatic nitrogens is 3. The van der Waals surface area contributed by atoms with Crippen molar-refractivity contribution in [2.45, 2.75) is 24.3 Å². The molecule has 3 aromatic rings.